The summed E-state index contributed by atoms with van der Waals surface area (Å²) in [5.41, 5.74) is 4.47. The van der Waals surface area contributed by atoms with Gasteiger partial charge in [0.2, 0.25) is 5.91 Å². The second-order valence-electron chi connectivity index (χ2n) is 5.57. The lowest BCUT2D eigenvalue weighted by molar-refractivity contribution is -0.117. The fraction of sp³-hybridized carbons (Fsp3) is 0.278. The number of carbonyl (C=O) groups is 1. The van der Waals surface area contributed by atoms with Gasteiger partial charge in [0, 0.05) is 4.47 Å². The molecular weight excluding hydrogens is 326 g/mol. The van der Waals surface area contributed by atoms with Crippen LogP contribution in [0.4, 0.5) is 5.69 Å². The minimum absolute atomic E-state index is 0.0395. The smallest absolute Gasteiger partial charge is 0.231 e. The predicted molar refractivity (Wildman–Crippen MR) is 89.6 cm³/mol. The molecule has 21 heavy (non-hydrogen) atoms. The minimum atomic E-state index is -0.0395. The molecule has 0 spiro atoms. The van der Waals surface area contributed by atoms with Gasteiger partial charge in [0.05, 0.1) is 11.6 Å². The van der Waals surface area contributed by atoms with E-state index in [1.807, 2.05) is 31.2 Å². The molecule has 0 saturated carbocycles. The third kappa shape index (κ3) is 2.88. The Balaban J connectivity index is 1.85. The summed E-state index contributed by atoms with van der Waals surface area (Å²) in [6.07, 6.45) is 3.07. The van der Waals surface area contributed by atoms with Crippen LogP contribution in [0.5, 0.6) is 0 Å². The van der Waals surface area contributed by atoms with E-state index in [1.54, 1.807) is 0 Å². The van der Waals surface area contributed by atoms with Crippen LogP contribution in [0, 0.1) is 6.92 Å². The third-order valence-electron chi connectivity index (χ3n) is 4.14. The van der Waals surface area contributed by atoms with Gasteiger partial charge >= 0.3 is 0 Å². The monoisotopic (exact) mass is 343 g/mol. The fourth-order valence-electron chi connectivity index (χ4n) is 2.99. The quantitative estimate of drug-likeness (QED) is 0.832. The minimum Gasteiger partial charge on any atom is -0.325 e. The summed E-state index contributed by atoms with van der Waals surface area (Å²) >= 11 is 3.55. The summed E-state index contributed by atoms with van der Waals surface area (Å²) in [5, 5.41) is 3.08. The predicted octanol–water partition coefficient (Wildman–Crippen LogP) is 4.82. The zero-order valence-electron chi connectivity index (χ0n) is 12.0. The van der Waals surface area contributed by atoms with E-state index in [2.05, 4.69) is 39.4 Å². The molecule has 0 aromatic heterocycles. The summed E-state index contributed by atoms with van der Waals surface area (Å²) < 4.78 is 0.961. The molecule has 3 rings (SSSR count). The van der Waals surface area contributed by atoms with Crippen molar-refractivity contribution in [2.75, 3.05) is 5.32 Å². The first-order valence-electron chi connectivity index (χ1n) is 7.30. The highest BCUT2D eigenvalue weighted by atomic mass is 79.9. The van der Waals surface area contributed by atoms with Crippen LogP contribution < -0.4 is 5.32 Å². The molecule has 2 aromatic rings. The molecule has 1 N–H and O–H groups in total. The van der Waals surface area contributed by atoms with Crippen LogP contribution in [0.15, 0.2) is 46.9 Å². The fourth-order valence-corrected chi connectivity index (χ4v) is 3.35. The zero-order chi connectivity index (χ0) is 14.8. The van der Waals surface area contributed by atoms with Crippen LogP contribution >= 0.6 is 15.9 Å². The van der Waals surface area contributed by atoms with Gasteiger partial charge in [-0.05, 0) is 64.9 Å². The molecule has 3 heteroatoms. The second kappa shape index (κ2) is 6.02. The molecular formula is C18H18BrNO. The Hall–Kier alpha value is -1.61. The highest BCUT2D eigenvalue weighted by molar-refractivity contribution is 9.10. The summed E-state index contributed by atoms with van der Waals surface area (Å²) in [6, 6.07) is 14.2. The van der Waals surface area contributed by atoms with Gasteiger partial charge in [-0.25, -0.2) is 0 Å². The Morgan fingerprint density at radius 1 is 1.19 bits per heavy atom. The van der Waals surface area contributed by atoms with E-state index in [4.69, 9.17) is 0 Å². The van der Waals surface area contributed by atoms with Crippen LogP contribution in [0.3, 0.4) is 0 Å². The molecule has 1 unspecified atom stereocenters. The van der Waals surface area contributed by atoms with Crippen LogP contribution in [-0.2, 0) is 11.2 Å². The standard InChI is InChI=1S/C18H18BrNO/c1-12-6-4-11-16(17(12)19)20-18(21)15-10-5-8-13-7-2-3-9-14(13)15/h2-4,6-7,9,11,15H,5,8,10H2,1H3,(H,20,21). The van der Waals surface area contributed by atoms with Gasteiger partial charge in [-0.3, -0.25) is 4.79 Å². The van der Waals surface area contributed by atoms with Gasteiger partial charge in [-0.1, -0.05) is 36.4 Å². The summed E-state index contributed by atoms with van der Waals surface area (Å²) in [6.45, 7) is 2.02. The summed E-state index contributed by atoms with van der Waals surface area (Å²) in [5.74, 6) is 0.0517. The molecule has 2 nitrogen and oxygen atoms in total. The average molecular weight is 344 g/mol. The van der Waals surface area contributed by atoms with Gasteiger partial charge in [-0.15, -0.1) is 0 Å². The Kier molecular flexibility index (Phi) is 4.11. The molecule has 1 aliphatic rings. The SMILES string of the molecule is Cc1cccc(NC(=O)C2CCCc3ccccc32)c1Br. The molecule has 0 radical (unpaired) electrons. The molecule has 0 bridgehead atoms. The lowest BCUT2D eigenvalue weighted by atomic mass is 9.82. The number of anilines is 1. The van der Waals surface area contributed by atoms with E-state index in [9.17, 15) is 4.79 Å². The average Bonchev–Trinajstić information content (AvgIpc) is 2.51. The molecule has 0 saturated heterocycles. The first-order valence-corrected chi connectivity index (χ1v) is 8.10. The van der Waals surface area contributed by atoms with Crippen LogP contribution in [-0.4, -0.2) is 5.91 Å². The molecule has 2 aromatic carbocycles. The maximum atomic E-state index is 12.7. The zero-order valence-corrected chi connectivity index (χ0v) is 13.6. The summed E-state index contributed by atoms with van der Waals surface area (Å²) in [7, 11) is 0. The number of fused-ring (bicyclic) bond motifs is 1. The van der Waals surface area contributed by atoms with Gasteiger partial charge < -0.3 is 5.32 Å². The number of hydrogen-bond acceptors (Lipinski definition) is 1. The molecule has 1 atom stereocenters. The maximum Gasteiger partial charge on any atom is 0.231 e. The van der Waals surface area contributed by atoms with Crippen molar-refractivity contribution < 1.29 is 4.79 Å². The number of rotatable bonds is 2. The summed E-state index contributed by atoms with van der Waals surface area (Å²) in [4.78, 5) is 12.7. The number of benzene rings is 2. The van der Waals surface area contributed by atoms with Crippen LogP contribution in [0.2, 0.25) is 0 Å². The van der Waals surface area contributed by atoms with E-state index in [0.717, 1.165) is 35.0 Å². The molecule has 108 valence electrons. The lowest BCUT2D eigenvalue weighted by Gasteiger charge is -2.25. The van der Waals surface area contributed by atoms with Crippen LogP contribution in [0.1, 0.15) is 35.4 Å². The number of halogens is 1. The van der Waals surface area contributed by atoms with E-state index in [1.165, 1.54) is 11.1 Å². The Labute approximate surface area is 133 Å². The topological polar surface area (TPSA) is 29.1 Å². The Morgan fingerprint density at radius 2 is 2.00 bits per heavy atom. The number of nitrogens with one attached hydrogen (secondary N) is 1. The van der Waals surface area contributed by atoms with E-state index in [0.29, 0.717) is 0 Å². The highest BCUT2D eigenvalue weighted by Crippen LogP contribution is 2.33. The first kappa shape index (κ1) is 14.3. The molecule has 1 aliphatic carbocycles. The van der Waals surface area contributed by atoms with Crippen molar-refractivity contribution in [1.29, 1.82) is 0 Å². The molecule has 0 aliphatic heterocycles. The van der Waals surface area contributed by atoms with Crippen molar-refractivity contribution in [3.8, 4) is 0 Å². The van der Waals surface area contributed by atoms with Gasteiger partial charge in [0.25, 0.3) is 0 Å². The largest absolute Gasteiger partial charge is 0.325 e. The third-order valence-corrected chi connectivity index (χ3v) is 5.19. The van der Waals surface area contributed by atoms with Crippen LogP contribution in [0.25, 0.3) is 0 Å². The second-order valence-corrected chi connectivity index (χ2v) is 6.36. The van der Waals surface area contributed by atoms with E-state index >= 15 is 0 Å². The van der Waals surface area contributed by atoms with Crippen molar-refractivity contribution in [2.24, 2.45) is 0 Å². The number of carbonyl (C=O) groups excluding carboxylic acids is 1. The van der Waals surface area contributed by atoms with Crippen molar-refractivity contribution in [2.45, 2.75) is 32.1 Å². The Morgan fingerprint density at radius 3 is 2.86 bits per heavy atom. The van der Waals surface area contributed by atoms with Gasteiger partial charge in [0.1, 0.15) is 0 Å². The van der Waals surface area contributed by atoms with Crippen molar-refractivity contribution in [3.05, 3.63) is 63.6 Å². The normalized spacial score (nSPS) is 17.1. The first-order chi connectivity index (χ1) is 10.2. The van der Waals surface area contributed by atoms with Crippen molar-refractivity contribution in [3.63, 3.8) is 0 Å². The van der Waals surface area contributed by atoms with Gasteiger partial charge in [-0.2, -0.15) is 0 Å². The number of amides is 1. The van der Waals surface area contributed by atoms with Crippen molar-refractivity contribution in [1.82, 2.24) is 0 Å². The Bertz CT molecular complexity index is 681. The maximum absolute atomic E-state index is 12.7. The lowest BCUT2D eigenvalue weighted by Crippen LogP contribution is -2.24. The highest BCUT2D eigenvalue weighted by Gasteiger charge is 2.26. The number of hydrogen-bond donors (Lipinski definition) is 1. The molecule has 0 fully saturated rings. The van der Waals surface area contributed by atoms with Crippen molar-refractivity contribution >= 4 is 27.5 Å². The van der Waals surface area contributed by atoms with E-state index < -0.39 is 0 Å². The molecule has 1 amide bonds. The number of aryl methyl sites for hydroxylation is 2. The molecule has 0 heterocycles. The van der Waals surface area contributed by atoms with E-state index in [-0.39, 0.29) is 11.8 Å². The van der Waals surface area contributed by atoms with Gasteiger partial charge in [0.15, 0.2) is 0 Å².